The highest BCUT2D eigenvalue weighted by Crippen LogP contribution is 2.28. The summed E-state index contributed by atoms with van der Waals surface area (Å²) in [6, 6.07) is 5.28. The van der Waals surface area contributed by atoms with Crippen LogP contribution in [0.3, 0.4) is 0 Å². The van der Waals surface area contributed by atoms with E-state index in [0.29, 0.717) is 29.8 Å². The summed E-state index contributed by atoms with van der Waals surface area (Å²) in [5.41, 5.74) is 7.29. The standard InChI is InChI=1S/C16H26N2O2S/c1-12-5-3-6-14(9-12)11-18-21(19,20)16-8-4-7-15(10-17)13(16)2/h4,7-8,12,14,18H,3,5-6,9-11,17H2,1-2H3. The quantitative estimate of drug-likeness (QED) is 0.878. The Morgan fingerprint density at radius 1 is 1.33 bits per heavy atom. The molecule has 0 bridgehead atoms. The van der Waals surface area contributed by atoms with Crippen LogP contribution in [-0.2, 0) is 16.6 Å². The summed E-state index contributed by atoms with van der Waals surface area (Å²) in [5.74, 6) is 1.16. The van der Waals surface area contributed by atoms with Gasteiger partial charge in [-0.15, -0.1) is 0 Å². The highest BCUT2D eigenvalue weighted by Gasteiger charge is 2.23. The Balaban J connectivity index is 2.08. The summed E-state index contributed by atoms with van der Waals surface area (Å²) >= 11 is 0. The molecule has 2 atom stereocenters. The van der Waals surface area contributed by atoms with Gasteiger partial charge in [-0.2, -0.15) is 0 Å². The molecule has 3 N–H and O–H groups in total. The van der Waals surface area contributed by atoms with Crippen LogP contribution in [0.15, 0.2) is 23.1 Å². The molecule has 4 nitrogen and oxygen atoms in total. The van der Waals surface area contributed by atoms with Gasteiger partial charge in [0.1, 0.15) is 0 Å². The van der Waals surface area contributed by atoms with Gasteiger partial charge in [0.25, 0.3) is 0 Å². The summed E-state index contributed by atoms with van der Waals surface area (Å²) in [6.45, 7) is 4.96. The lowest BCUT2D eigenvalue weighted by molar-refractivity contribution is 0.283. The Kier molecular flexibility index (Phi) is 5.41. The minimum atomic E-state index is -3.45. The van der Waals surface area contributed by atoms with E-state index in [9.17, 15) is 8.42 Å². The van der Waals surface area contributed by atoms with Crippen LogP contribution >= 0.6 is 0 Å². The molecule has 1 saturated carbocycles. The molecule has 2 rings (SSSR count). The number of rotatable bonds is 5. The van der Waals surface area contributed by atoms with Gasteiger partial charge >= 0.3 is 0 Å². The maximum Gasteiger partial charge on any atom is 0.240 e. The van der Waals surface area contributed by atoms with Crippen LogP contribution in [-0.4, -0.2) is 15.0 Å². The van der Waals surface area contributed by atoms with E-state index in [1.165, 1.54) is 12.8 Å². The summed E-state index contributed by atoms with van der Waals surface area (Å²) in [6.07, 6.45) is 4.70. The number of hydrogen-bond acceptors (Lipinski definition) is 3. The molecule has 0 aliphatic heterocycles. The average Bonchev–Trinajstić information content (AvgIpc) is 2.45. The number of nitrogens with two attached hydrogens (primary N) is 1. The topological polar surface area (TPSA) is 72.2 Å². The first-order valence-corrected chi connectivity index (χ1v) is 9.20. The average molecular weight is 310 g/mol. The first-order chi connectivity index (χ1) is 9.94. The molecule has 1 aromatic carbocycles. The fourth-order valence-corrected chi connectivity index (χ4v) is 4.63. The van der Waals surface area contributed by atoms with Crippen molar-refractivity contribution in [2.45, 2.75) is 51.0 Å². The lowest BCUT2D eigenvalue weighted by Gasteiger charge is -2.26. The first kappa shape index (κ1) is 16.5. The van der Waals surface area contributed by atoms with E-state index in [1.807, 2.05) is 13.0 Å². The minimum absolute atomic E-state index is 0.356. The van der Waals surface area contributed by atoms with Crippen molar-refractivity contribution in [2.75, 3.05) is 6.54 Å². The van der Waals surface area contributed by atoms with E-state index in [0.717, 1.165) is 24.0 Å². The van der Waals surface area contributed by atoms with Crippen LogP contribution in [0.1, 0.15) is 43.7 Å². The number of sulfonamides is 1. The van der Waals surface area contributed by atoms with E-state index in [2.05, 4.69) is 11.6 Å². The van der Waals surface area contributed by atoms with Gasteiger partial charge in [-0.05, 0) is 48.8 Å². The third-order valence-electron chi connectivity index (χ3n) is 4.51. The van der Waals surface area contributed by atoms with E-state index in [4.69, 9.17) is 5.73 Å². The maximum absolute atomic E-state index is 12.5. The minimum Gasteiger partial charge on any atom is -0.326 e. The molecule has 1 aliphatic carbocycles. The van der Waals surface area contributed by atoms with Gasteiger partial charge in [-0.3, -0.25) is 0 Å². The van der Waals surface area contributed by atoms with Crippen molar-refractivity contribution in [1.29, 1.82) is 0 Å². The summed E-state index contributed by atoms with van der Waals surface area (Å²) in [4.78, 5) is 0.356. The smallest absolute Gasteiger partial charge is 0.240 e. The van der Waals surface area contributed by atoms with Gasteiger partial charge in [0.15, 0.2) is 0 Å². The SMILES string of the molecule is Cc1c(CN)cccc1S(=O)(=O)NCC1CCCC(C)C1. The molecular formula is C16H26N2O2S. The first-order valence-electron chi connectivity index (χ1n) is 7.72. The Bertz CT molecular complexity index is 584. The molecule has 0 saturated heterocycles. The zero-order chi connectivity index (χ0) is 15.5. The third kappa shape index (κ3) is 4.05. The van der Waals surface area contributed by atoms with E-state index >= 15 is 0 Å². The van der Waals surface area contributed by atoms with Crippen molar-refractivity contribution in [3.05, 3.63) is 29.3 Å². The van der Waals surface area contributed by atoms with Gasteiger partial charge in [-0.25, -0.2) is 13.1 Å². The van der Waals surface area contributed by atoms with Gasteiger partial charge in [0.2, 0.25) is 10.0 Å². The van der Waals surface area contributed by atoms with Crippen molar-refractivity contribution in [1.82, 2.24) is 4.72 Å². The second-order valence-corrected chi connectivity index (χ2v) is 7.97. The molecule has 21 heavy (non-hydrogen) atoms. The van der Waals surface area contributed by atoms with Gasteiger partial charge in [-0.1, -0.05) is 31.9 Å². The van der Waals surface area contributed by atoms with Crippen molar-refractivity contribution < 1.29 is 8.42 Å². The molecule has 0 radical (unpaired) electrons. The predicted molar refractivity (Wildman–Crippen MR) is 85.4 cm³/mol. The fourth-order valence-electron chi connectivity index (χ4n) is 3.22. The highest BCUT2D eigenvalue weighted by atomic mass is 32.2. The Labute approximate surface area is 128 Å². The molecule has 1 fully saturated rings. The predicted octanol–water partition coefficient (Wildman–Crippen LogP) is 2.56. The molecule has 5 heteroatoms. The lowest BCUT2D eigenvalue weighted by atomic mass is 9.83. The summed E-state index contributed by atoms with van der Waals surface area (Å²) in [7, 11) is -3.45. The van der Waals surface area contributed by atoms with Crippen LogP contribution < -0.4 is 10.5 Å². The second-order valence-electron chi connectivity index (χ2n) is 6.23. The van der Waals surface area contributed by atoms with Crippen LogP contribution in [0.2, 0.25) is 0 Å². The van der Waals surface area contributed by atoms with Crippen molar-refractivity contribution in [3.63, 3.8) is 0 Å². The van der Waals surface area contributed by atoms with E-state index in [1.54, 1.807) is 12.1 Å². The van der Waals surface area contributed by atoms with Crippen LogP contribution in [0.4, 0.5) is 0 Å². The fraction of sp³-hybridized carbons (Fsp3) is 0.625. The van der Waals surface area contributed by atoms with Crippen molar-refractivity contribution in [2.24, 2.45) is 17.6 Å². The molecule has 0 aromatic heterocycles. The summed E-state index contributed by atoms with van der Waals surface area (Å²) in [5, 5.41) is 0. The van der Waals surface area contributed by atoms with E-state index in [-0.39, 0.29) is 0 Å². The third-order valence-corrected chi connectivity index (χ3v) is 6.08. The highest BCUT2D eigenvalue weighted by molar-refractivity contribution is 7.89. The van der Waals surface area contributed by atoms with Crippen LogP contribution in [0, 0.1) is 18.8 Å². The molecule has 1 aromatic rings. The zero-order valence-corrected chi connectivity index (χ0v) is 13.7. The Hall–Kier alpha value is -0.910. The van der Waals surface area contributed by atoms with Crippen LogP contribution in [0.25, 0.3) is 0 Å². The second kappa shape index (κ2) is 6.90. The van der Waals surface area contributed by atoms with E-state index < -0.39 is 10.0 Å². The Morgan fingerprint density at radius 2 is 2.10 bits per heavy atom. The number of hydrogen-bond donors (Lipinski definition) is 2. The molecule has 0 amide bonds. The normalized spacial score (nSPS) is 23.2. The Morgan fingerprint density at radius 3 is 2.76 bits per heavy atom. The van der Waals surface area contributed by atoms with Gasteiger partial charge in [0.05, 0.1) is 4.90 Å². The van der Waals surface area contributed by atoms with Gasteiger partial charge < -0.3 is 5.73 Å². The number of nitrogens with one attached hydrogen (secondary N) is 1. The monoisotopic (exact) mass is 310 g/mol. The van der Waals surface area contributed by atoms with Crippen molar-refractivity contribution in [3.8, 4) is 0 Å². The van der Waals surface area contributed by atoms with Gasteiger partial charge in [0, 0.05) is 13.1 Å². The zero-order valence-electron chi connectivity index (χ0n) is 12.9. The molecule has 1 aliphatic rings. The van der Waals surface area contributed by atoms with Crippen LogP contribution in [0.5, 0.6) is 0 Å². The van der Waals surface area contributed by atoms with Crippen molar-refractivity contribution >= 4 is 10.0 Å². The molecule has 0 spiro atoms. The largest absolute Gasteiger partial charge is 0.326 e. The summed E-state index contributed by atoms with van der Waals surface area (Å²) < 4.78 is 27.8. The molecule has 118 valence electrons. The maximum atomic E-state index is 12.5. The molecule has 2 unspecified atom stereocenters. The molecular weight excluding hydrogens is 284 g/mol. The number of benzene rings is 1. The molecule has 0 heterocycles. The lowest BCUT2D eigenvalue weighted by Crippen LogP contribution is -2.32.